The molecule has 0 unspecified atom stereocenters. The van der Waals surface area contributed by atoms with Crippen LogP contribution in [0, 0.1) is 5.82 Å². The normalized spacial score (nSPS) is 16.2. The first kappa shape index (κ1) is 25.2. The number of carbonyl (C=O) groups is 2. The molecule has 0 saturated carbocycles. The van der Waals surface area contributed by atoms with E-state index < -0.39 is 11.6 Å². The molecular weight excluding hydrogens is 461 g/mol. The number of carbonyl (C=O) groups excluding carboxylic acids is 1. The molecule has 0 spiro atoms. The topological polar surface area (TPSA) is 76.1 Å². The van der Waals surface area contributed by atoms with Crippen LogP contribution < -0.4 is 9.47 Å². The van der Waals surface area contributed by atoms with Crippen molar-refractivity contribution >= 4 is 11.9 Å². The number of ether oxygens (including phenoxy) is 2. The first-order valence-electron chi connectivity index (χ1n) is 11.9. The maximum atomic E-state index is 14.2. The minimum Gasteiger partial charge on any atom is -0.496 e. The first-order valence-corrected chi connectivity index (χ1v) is 11.9. The summed E-state index contributed by atoms with van der Waals surface area (Å²) >= 11 is 0. The fourth-order valence-corrected chi connectivity index (χ4v) is 4.72. The van der Waals surface area contributed by atoms with Gasteiger partial charge in [-0.15, -0.1) is 0 Å². The Labute approximate surface area is 210 Å². The predicted octanol–water partition coefficient (Wildman–Crippen LogP) is 4.82. The van der Waals surface area contributed by atoms with Crippen LogP contribution >= 0.6 is 0 Å². The van der Waals surface area contributed by atoms with Crippen LogP contribution in [0.4, 0.5) is 4.39 Å². The molecule has 6 nitrogen and oxygen atoms in total. The van der Waals surface area contributed by atoms with Gasteiger partial charge in [-0.2, -0.15) is 0 Å². The van der Waals surface area contributed by atoms with Gasteiger partial charge in [0.15, 0.2) is 0 Å². The van der Waals surface area contributed by atoms with Crippen molar-refractivity contribution in [3.8, 4) is 11.5 Å². The lowest BCUT2D eigenvalue weighted by atomic mass is 9.91. The molecule has 4 rings (SSSR count). The largest absolute Gasteiger partial charge is 0.496 e. The van der Waals surface area contributed by atoms with Gasteiger partial charge in [-0.25, -0.2) is 4.39 Å². The van der Waals surface area contributed by atoms with Crippen molar-refractivity contribution in [1.29, 1.82) is 0 Å². The highest BCUT2D eigenvalue weighted by Gasteiger charge is 2.35. The van der Waals surface area contributed by atoms with E-state index in [0.29, 0.717) is 30.6 Å². The van der Waals surface area contributed by atoms with E-state index in [1.807, 2.05) is 49.4 Å². The molecule has 0 bridgehead atoms. The van der Waals surface area contributed by atoms with Crippen LogP contribution in [-0.2, 0) is 35.4 Å². The second-order valence-corrected chi connectivity index (χ2v) is 9.39. The fraction of sp³-hybridized carbons (Fsp3) is 0.310. The number of para-hydroxylation sites is 1. The minimum atomic E-state index is -1.07. The van der Waals surface area contributed by atoms with Gasteiger partial charge in [0.25, 0.3) is 0 Å². The molecule has 0 saturated heterocycles. The predicted molar refractivity (Wildman–Crippen MR) is 134 cm³/mol. The minimum absolute atomic E-state index is 0.154. The Balaban J connectivity index is 1.41. The smallest absolute Gasteiger partial charge is 0.323 e. The molecule has 0 radical (unpaired) electrons. The van der Waals surface area contributed by atoms with Crippen molar-refractivity contribution < 1.29 is 28.6 Å². The molecule has 0 fully saturated rings. The van der Waals surface area contributed by atoms with E-state index in [2.05, 4.69) is 0 Å². The number of hydrogen-bond acceptors (Lipinski definition) is 4. The van der Waals surface area contributed by atoms with Crippen molar-refractivity contribution in [2.45, 2.75) is 44.8 Å². The second kappa shape index (κ2) is 10.8. The summed E-state index contributed by atoms with van der Waals surface area (Å²) in [5.41, 5.74) is 2.81. The van der Waals surface area contributed by atoms with E-state index in [9.17, 15) is 19.1 Å². The Kier molecular flexibility index (Phi) is 7.58. The lowest BCUT2D eigenvalue weighted by molar-refractivity contribution is -0.144. The Bertz CT molecular complexity index is 1260. The van der Waals surface area contributed by atoms with Gasteiger partial charge in [-0.05, 0) is 48.2 Å². The highest BCUT2D eigenvalue weighted by Crippen LogP contribution is 2.38. The number of hydrogen-bond donors (Lipinski definition) is 1. The highest BCUT2D eigenvalue weighted by atomic mass is 19.1. The van der Waals surface area contributed by atoms with E-state index in [-0.39, 0.29) is 31.2 Å². The molecule has 1 amide bonds. The zero-order valence-corrected chi connectivity index (χ0v) is 20.5. The van der Waals surface area contributed by atoms with Gasteiger partial charge >= 0.3 is 5.97 Å². The van der Waals surface area contributed by atoms with E-state index >= 15 is 0 Å². The van der Waals surface area contributed by atoms with E-state index in [1.54, 1.807) is 25.3 Å². The van der Waals surface area contributed by atoms with Gasteiger partial charge in [0.2, 0.25) is 5.91 Å². The zero-order chi connectivity index (χ0) is 25.7. The van der Waals surface area contributed by atoms with Crippen molar-refractivity contribution in [3.63, 3.8) is 0 Å². The third-order valence-corrected chi connectivity index (χ3v) is 6.43. The number of fused-ring (bicyclic) bond motifs is 1. The Morgan fingerprint density at radius 1 is 1.08 bits per heavy atom. The molecule has 188 valence electrons. The summed E-state index contributed by atoms with van der Waals surface area (Å²) < 4.78 is 25.7. The number of halogens is 1. The second-order valence-electron chi connectivity index (χ2n) is 9.39. The Morgan fingerprint density at radius 2 is 1.81 bits per heavy atom. The summed E-state index contributed by atoms with van der Waals surface area (Å²) in [6.45, 7) is 1.75. The summed E-state index contributed by atoms with van der Waals surface area (Å²) in [7, 11) is 1.54. The van der Waals surface area contributed by atoms with E-state index in [1.165, 1.54) is 11.0 Å². The highest BCUT2D eigenvalue weighted by molar-refractivity contribution is 5.81. The van der Waals surface area contributed by atoms with E-state index in [0.717, 1.165) is 22.4 Å². The third-order valence-electron chi connectivity index (χ3n) is 6.43. The summed E-state index contributed by atoms with van der Waals surface area (Å²) in [6.07, 6.45) is 1.74. The Hall–Kier alpha value is -3.87. The summed E-state index contributed by atoms with van der Waals surface area (Å²) in [4.78, 5) is 25.7. The van der Waals surface area contributed by atoms with Crippen LogP contribution in [0.2, 0.25) is 0 Å². The molecule has 1 N–H and O–H groups in total. The number of methoxy groups -OCH3 is 1. The zero-order valence-electron chi connectivity index (χ0n) is 20.5. The fourth-order valence-electron chi connectivity index (χ4n) is 4.72. The van der Waals surface area contributed by atoms with Crippen molar-refractivity contribution in [1.82, 2.24) is 4.90 Å². The number of benzene rings is 3. The van der Waals surface area contributed by atoms with Crippen molar-refractivity contribution in [3.05, 3.63) is 94.8 Å². The first-order chi connectivity index (χ1) is 17.3. The average molecular weight is 492 g/mol. The van der Waals surface area contributed by atoms with Gasteiger partial charge < -0.3 is 19.5 Å². The van der Waals surface area contributed by atoms with Crippen LogP contribution in [0.15, 0.2) is 66.7 Å². The van der Waals surface area contributed by atoms with Crippen molar-refractivity contribution in [2.24, 2.45) is 0 Å². The van der Waals surface area contributed by atoms with E-state index in [4.69, 9.17) is 9.47 Å². The maximum absolute atomic E-state index is 14.2. The molecule has 3 aromatic carbocycles. The molecule has 1 heterocycles. The number of amides is 1. The molecule has 36 heavy (non-hydrogen) atoms. The maximum Gasteiger partial charge on any atom is 0.323 e. The number of nitrogens with zero attached hydrogens (tertiary/aromatic N) is 1. The number of aryl methyl sites for hydroxylation is 1. The SMILES string of the molecule is COc1ccccc1CN(CC(=O)O)C(=O)CCc1ccc2c(c1)C[C@](C)(Cc1ccccc1F)O2. The van der Waals surface area contributed by atoms with Crippen LogP contribution in [0.1, 0.15) is 35.6 Å². The van der Waals surface area contributed by atoms with Crippen molar-refractivity contribution in [2.75, 3.05) is 13.7 Å². The molecule has 1 aliphatic rings. The number of carboxylic acid groups (broad SMARTS) is 1. The van der Waals surface area contributed by atoms with Gasteiger partial charge in [0, 0.05) is 31.4 Å². The molecule has 3 aromatic rings. The van der Waals surface area contributed by atoms with Gasteiger partial charge in [-0.1, -0.05) is 48.5 Å². The van der Waals surface area contributed by atoms with Gasteiger partial charge in [-0.3, -0.25) is 9.59 Å². The lowest BCUT2D eigenvalue weighted by Crippen LogP contribution is -2.35. The van der Waals surface area contributed by atoms with Gasteiger partial charge in [0.05, 0.1) is 7.11 Å². The molecule has 0 aromatic heterocycles. The summed E-state index contributed by atoms with van der Waals surface area (Å²) in [5, 5.41) is 9.34. The third kappa shape index (κ3) is 6.03. The van der Waals surface area contributed by atoms with Crippen LogP contribution in [0.3, 0.4) is 0 Å². The standard InChI is InChI=1S/C29H30FNO5/c1-29(16-21-7-3-5-9-24(21)30)17-23-15-20(11-13-26(23)36-29)12-14-27(32)31(19-28(33)34)18-22-8-4-6-10-25(22)35-2/h3-11,13,15H,12,14,16-19H2,1-2H3,(H,33,34)/t29-/m0/s1. The Morgan fingerprint density at radius 3 is 2.53 bits per heavy atom. The number of aliphatic carboxylic acids is 1. The molecule has 1 aliphatic heterocycles. The molecule has 1 atom stereocenters. The van der Waals surface area contributed by atoms with Crippen LogP contribution in [0.25, 0.3) is 0 Å². The number of carboxylic acids is 1. The molecule has 0 aliphatic carbocycles. The van der Waals surface area contributed by atoms with Crippen LogP contribution in [-0.4, -0.2) is 41.1 Å². The summed E-state index contributed by atoms with van der Waals surface area (Å²) in [6, 6.07) is 19.8. The lowest BCUT2D eigenvalue weighted by Gasteiger charge is -2.24. The molecular formula is C29H30FNO5. The molecule has 7 heteroatoms. The average Bonchev–Trinajstić information content (AvgIpc) is 3.18. The van der Waals surface area contributed by atoms with Gasteiger partial charge in [0.1, 0.15) is 29.5 Å². The van der Waals surface area contributed by atoms with Crippen LogP contribution in [0.5, 0.6) is 11.5 Å². The number of rotatable bonds is 10. The summed E-state index contributed by atoms with van der Waals surface area (Å²) in [5.74, 6) is -0.173. The monoisotopic (exact) mass is 491 g/mol. The quantitative estimate of drug-likeness (QED) is 0.440.